The molecule has 0 aromatic carbocycles. The van der Waals surface area contributed by atoms with Gasteiger partial charge in [-0.2, -0.15) is 0 Å². The molecule has 1 aromatic heterocycles. The van der Waals surface area contributed by atoms with Gasteiger partial charge < -0.3 is 20.0 Å². The molecular formula is C20H28N4O5. The van der Waals surface area contributed by atoms with Crippen molar-refractivity contribution in [2.24, 2.45) is 0 Å². The third-order valence-electron chi connectivity index (χ3n) is 5.90. The molecule has 5 amide bonds. The molecular weight excluding hydrogens is 376 g/mol. The number of carbonyl (C=O) groups is 4. The molecule has 1 saturated carbocycles. The van der Waals surface area contributed by atoms with Crippen molar-refractivity contribution in [2.45, 2.75) is 76.5 Å². The Hall–Kier alpha value is -2.84. The first-order valence-electron chi connectivity index (χ1n) is 10.1. The number of amides is 5. The van der Waals surface area contributed by atoms with Gasteiger partial charge in [0.25, 0.3) is 5.91 Å². The Morgan fingerprint density at radius 3 is 2.59 bits per heavy atom. The highest BCUT2D eigenvalue weighted by molar-refractivity contribution is 6.06. The summed E-state index contributed by atoms with van der Waals surface area (Å²) < 4.78 is 5.40. The molecule has 0 radical (unpaired) electrons. The van der Waals surface area contributed by atoms with Crippen LogP contribution < -0.4 is 16.0 Å². The summed E-state index contributed by atoms with van der Waals surface area (Å²) in [4.78, 5) is 51.1. The van der Waals surface area contributed by atoms with Crippen molar-refractivity contribution in [3.63, 3.8) is 0 Å². The van der Waals surface area contributed by atoms with Gasteiger partial charge in [0.05, 0.1) is 19.2 Å². The lowest BCUT2D eigenvalue weighted by Gasteiger charge is -2.40. The van der Waals surface area contributed by atoms with E-state index in [2.05, 4.69) is 16.0 Å². The van der Waals surface area contributed by atoms with E-state index in [-0.39, 0.29) is 24.9 Å². The monoisotopic (exact) mass is 404 g/mol. The fourth-order valence-electron chi connectivity index (χ4n) is 3.87. The van der Waals surface area contributed by atoms with Gasteiger partial charge in [-0.15, -0.1) is 0 Å². The summed E-state index contributed by atoms with van der Waals surface area (Å²) in [5.41, 5.74) is -1.12. The summed E-state index contributed by atoms with van der Waals surface area (Å²) in [6.07, 6.45) is 5.70. The Morgan fingerprint density at radius 1 is 1.31 bits per heavy atom. The highest BCUT2D eigenvalue weighted by atomic mass is 16.3. The smallest absolute Gasteiger partial charge is 0.322 e. The molecule has 1 saturated heterocycles. The van der Waals surface area contributed by atoms with Gasteiger partial charge in [-0.05, 0) is 38.3 Å². The summed E-state index contributed by atoms with van der Waals surface area (Å²) in [5.74, 6) is -0.636. The fourth-order valence-corrected chi connectivity index (χ4v) is 3.87. The molecule has 2 heterocycles. The molecule has 1 aliphatic heterocycles. The van der Waals surface area contributed by atoms with E-state index in [1.807, 2.05) is 6.92 Å². The van der Waals surface area contributed by atoms with Crippen LogP contribution in [0.3, 0.4) is 0 Å². The van der Waals surface area contributed by atoms with Crippen molar-refractivity contribution in [3.05, 3.63) is 24.2 Å². The standard InChI is InChI=1S/C20H28N4O5/c1-3-20(2,18(27)21-13-7-4-5-8-13)24(12-14-9-6-10-29-14)16(25)11-15-17(26)23-19(28)22-15/h6,9-10,13,15H,3-5,7-8,11-12H2,1-2H3,(H,21,27)(H2,22,23,26,28). The summed E-state index contributed by atoms with van der Waals surface area (Å²) in [7, 11) is 0. The number of hydrogen-bond donors (Lipinski definition) is 3. The summed E-state index contributed by atoms with van der Waals surface area (Å²) in [6.45, 7) is 3.67. The van der Waals surface area contributed by atoms with Gasteiger partial charge in [-0.25, -0.2) is 4.79 Å². The maximum atomic E-state index is 13.2. The lowest BCUT2D eigenvalue weighted by molar-refractivity contribution is -0.149. The zero-order valence-corrected chi connectivity index (χ0v) is 16.8. The molecule has 2 unspecified atom stereocenters. The van der Waals surface area contributed by atoms with Crippen LogP contribution in [0.5, 0.6) is 0 Å². The second-order valence-electron chi connectivity index (χ2n) is 7.86. The average Bonchev–Trinajstić information content (AvgIpc) is 3.43. The second-order valence-corrected chi connectivity index (χ2v) is 7.86. The minimum Gasteiger partial charge on any atom is -0.467 e. The van der Waals surface area contributed by atoms with Crippen LogP contribution >= 0.6 is 0 Å². The Morgan fingerprint density at radius 2 is 2.03 bits per heavy atom. The quantitative estimate of drug-likeness (QED) is 0.566. The summed E-state index contributed by atoms with van der Waals surface area (Å²) >= 11 is 0. The SMILES string of the molecule is CCC(C)(C(=O)NC1CCCC1)N(Cc1ccco1)C(=O)CC1NC(=O)NC1=O. The molecule has 29 heavy (non-hydrogen) atoms. The first-order valence-corrected chi connectivity index (χ1v) is 10.1. The first-order chi connectivity index (χ1) is 13.8. The molecule has 158 valence electrons. The largest absolute Gasteiger partial charge is 0.467 e. The molecule has 9 nitrogen and oxygen atoms in total. The fraction of sp³-hybridized carbons (Fsp3) is 0.600. The van der Waals surface area contributed by atoms with Crippen molar-refractivity contribution in [2.75, 3.05) is 0 Å². The average molecular weight is 404 g/mol. The van der Waals surface area contributed by atoms with Crippen LogP contribution in [0.15, 0.2) is 22.8 Å². The molecule has 1 aromatic rings. The van der Waals surface area contributed by atoms with Crippen LogP contribution in [0.25, 0.3) is 0 Å². The van der Waals surface area contributed by atoms with Gasteiger partial charge in [0, 0.05) is 6.04 Å². The maximum Gasteiger partial charge on any atom is 0.322 e. The van der Waals surface area contributed by atoms with Gasteiger partial charge in [-0.1, -0.05) is 19.8 Å². The summed E-state index contributed by atoms with van der Waals surface area (Å²) in [5, 5.41) is 7.64. The molecule has 1 aliphatic carbocycles. The van der Waals surface area contributed by atoms with E-state index in [1.54, 1.807) is 19.1 Å². The molecule has 2 aliphatic rings. The predicted molar refractivity (Wildman–Crippen MR) is 103 cm³/mol. The lowest BCUT2D eigenvalue weighted by atomic mass is 9.93. The Bertz CT molecular complexity index is 772. The zero-order chi connectivity index (χ0) is 21.0. The van der Waals surface area contributed by atoms with E-state index in [4.69, 9.17) is 4.42 Å². The second kappa shape index (κ2) is 8.67. The highest BCUT2D eigenvalue weighted by Crippen LogP contribution is 2.26. The Balaban J connectivity index is 1.81. The first kappa shape index (κ1) is 20.9. The molecule has 0 spiro atoms. The van der Waals surface area contributed by atoms with Crippen molar-refractivity contribution in [1.82, 2.24) is 20.9 Å². The number of nitrogens with one attached hydrogen (secondary N) is 3. The van der Waals surface area contributed by atoms with Crippen molar-refractivity contribution in [3.8, 4) is 0 Å². The minimum absolute atomic E-state index is 0.0938. The molecule has 0 bridgehead atoms. The van der Waals surface area contributed by atoms with Crippen molar-refractivity contribution in [1.29, 1.82) is 0 Å². The van der Waals surface area contributed by atoms with Crippen LogP contribution in [0.4, 0.5) is 4.79 Å². The van der Waals surface area contributed by atoms with Crippen molar-refractivity contribution >= 4 is 23.8 Å². The van der Waals surface area contributed by atoms with Crippen LogP contribution in [0, 0.1) is 0 Å². The topological polar surface area (TPSA) is 121 Å². The van der Waals surface area contributed by atoms with Crippen LogP contribution in [0.1, 0.15) is 58.1 Å². The molecule has 2 fully saturated rings. The van der Waals surface area contributed by atoms with Gasteiger partial charge >= 0.3 is 6.03 Å². The molecule has 3 rings (SSSR count). The number of carbonyl (C=O) groups excluding carboxylic acids is 4. The van der Waals surface area contributed by atoms with Gasteiger partial charge in [0.2, 0.25) is 11.8 Å². The zero-order valence-electron chi connectivity index (χ0n) is 16.8. The van der Waals surface area contributed by atoms with E-state index in [0.29, 0.717) is 12.2 Å². The Kier molecular flexibility index (Phi) is 6.24. The molecule has 3 N–H and O–H groups in total. The third-order valence-corrected chi connectivity index (χ3v) is 5.90. The van der Waals surface area contributed by atoms with Gasteiger partial charge in [-0.3, -0.25) is 19.7 Å². The van der Waals surface area contributed by atoms with E-state index in [0.717, 1.165) is 25.7 Å². The van der Waals surface area contributed by atoms with Crippen LogP contribution in [-0.4, -0.2) is 46.3 Å². The van der Waals surface area contributed by atoms with Gasteiger partial charge in [0.15, 0.2) is 0 Å². The number of imide groups is 1. The van der Waals surface area contributed by atoms with E-state index in [1.165, 1.54) is 11.2 Å². The Labute approximate surface area is 169 Å². The molecule has 9 heteroatoms. The van der Waals surface area contributed by atoms with Crippen molar-refractivity contribution < 1.29 is 23.6 Å². The highest BCUT2D eigenvalue weighted by Gasteiger charge is 2.43. The number of urea groups is 1. The van der Waals surface area contributed by atoms with Crippen LogP contribution in [0.2, 0.25) is 0 Å². The van der Waals surface area contributed by atoms with E-state index >= 15 is 0 Å². The number of furan rings is 1. The molecule has 2 atom stereocenters. The van der Waals surface area contributed by atoms with E-state index < -0.39 is 29.4 Å². The van der Waals surface area contributed by atoms with Gasteiger partial charge in [0.1, 0.15) is 17.3 Å². The number of hydrogen-bond acceptors (Lipinski definition) is 5. The summed E-state index contributed by atoms with van der Waals surface area (Å²) in [6, 6.07) is 1.99. The lowest BCUT2D eigenvalue weighted by Crippen LogP contribution is -2.60. The van der Waals surface area contributed by atoms with E-state index in [9.17, 15) is 19.2 Å². The maximum absolute atomic E-state index is 13.2. The van der Waals surface area contributed by atoms with Crippen LogP contribution in [-0.2, 0) is 20.9 Å². The minimum atomic E-state index is -1.12. The number of nitrogens with zero attached hydrogens (tertiary/aromatic N) is 1. The number of rotatable bonds is 8. The third kappa shape index (κ3) is 4.60. The predicted octanol–water partition coefficient (Wildman–Crippen LogP) is 1.43. The normalized spacial score (nSPS) is 21.4.